The molecular weight excluding hydrogens is 338 g/mol. The van der Waals surface area contributed by atoms with Gasteiger partial charge in [0, 0.05) is 48.5 Å². The molecule has 4 rings (SSSR count). The lowest BCUT2D eigenvalue weighted by Crippen LogP contribution is -2.49. The molecule has 2 aliphatic rings. The van der Waals surface area contributed by atoms with E-state index < -0.39 is 11.8 Å². The summed E-state index contributed by atoms with van der Waals surface area (Å²) in [4.78, 5) is 21.1. The summed E-state index contributed by atoms with van der Waals surface area (Å²) >= 11 is 0. The molecule has 3 heterocycles. The van der Waals surface area contributed by atoms with Gasteiger partial charge in [0.2, 0.25) is 5.91 Å². The first-order valence-corrected chi connectivity index (χ1v) is 8.94. The number of nitrogens with zero attached hydrogens (tertiary/aromatic N) is 2. The minimum Gasteiger partial charge on any atom is -0.380 e. The van der Waals surface area contributed by atoms with Gasteiger partial charge in [-0.2, -0.15) is 0 Å². The number of halogens is 2. The molecule has 3 atom stereocenters. The van der Waals surface area contributed by atoms with Crippen LogP contribution in [-0.4, -0.2) is 45.3 Å². The van der Waals surface area contributed by atoms with Gasteiger partial charge in [-0.05, 0) is 37.5 Å². The van der Waals surface area contributed by atoms with E-state index in [1.54, 1.807) is 17.3 Å². The third-order valence-corrected chi connectivity index (χ3v) is 5.50. The molecule has 2 fully saturated rings. The Balaban J connectivity index is 1.60. The van der Waals surface area contributed by atoms with E-state index >= 15 is 0 Å². The molecule has 1 aliphatic heterocycles. The molecule has 0 bridgehead atoms. The summed E-state index contributed by atoms with van der Waals surface area (Å²) in [6.45, 7) is 6.16. The second kappa shape index (κ2) is 6.07. The number of amides is 1. The normalized spacial score (nSPS) is 27.3. The Labute approximate surface area is 150 Å². The number of fused-ring (bicyclic) bond motifs is 1. The largest absolute Gasteiger partial charge is 0.380 e. The summed E-state index contributed by atoms with van der Waals surface area (Å²) < 4.78 is 27.2. The summed E-state index contributed by atoms with van der Waals surface area (Å²) in [6.07, 6.45) is 6.32. The molecule has 2 N–H and O–H groups in total. The molecule has 0 aromatic carbocycles. The SMILES string of the molecule is C=CC(=O)N1CC(Nc2ccnc3[nH]cc(C4CC4(F)F)c23)CC[C@@H]1C. The van der Waals surface area contributed by atoms with Crippen LogP contribution in [-0.2, 0) is 4.79 Å². The van der Waals surface area contributed by atoms with Crippen molar-refractivity contribution in [3.8, 4) is 0 Å². The van der Waals surface area contributed by atoms with Crippen molar-refractivity contribution < 1.29 is 13.6 Å². The van der Waals surface area contributed by atoms with E-state index in [1.165, 1.54) is 6.08 Å². The van der Waals surface area contributed by atoms with Crippen LogP contribution in [0.25, 0.3) is 11.0 Å². The maximum atomic E-state index is 13.6. The van der Waals surface area contributed by atoms with Crippen molar-refractivity contribution in [3.05, 3.63) is 36.7 Å². The maximum absolute atomic E-state index is 13.6. The fraction of sp³-hybridized carbons (Fsp3) is 0.474. The number of aromatic nitrogens is 2. The molecule has 7 heteroatoms. The standard InChI is InChI=1S/C19H22F2N4O/c1-3-16(26)25-10-12(5-4-11(25)2)24-15-6-7-22-18-17(15)13(9-23-18)14-8-19(14,20)21/h3,6-7,9,11-12,14H,1,4-5,8,10H2,2H3,(H2,22,23,24)/t11-,12?,14?/m0/s1. The number of anilines is 1. The van der Waals surface area contributed by atoms with Crippen LogP contribution in [0.15, 0.2) is 31.1 Å². The van der Waals surface area contributed by atoms with Crippen molar-refractivity contribution in [1.29, 1.82) is 0 Å². The zero-order chi connectivity index (χ0) is 18.5. The third kappa shape index (κ3) is 2.85. The van der Waals surface area contributed by atoms with Crippen LogP contribution in [0.5, 0.6) is 0 Å². The summed E-state index contributed by atoms with van der Waals surface area (Å²) in [7, 11) is 0. The first-order valence-electron chi connectivity index (χ1n) is 8.94. The van der Waals surface area contributed by atoms with Gasteiger partial charge in [-0.25, -0.2) is 13.8 Å². The van der Waals surface area contributed by atoms with Gasteiger partial charge < -0.3 is 15.2 Å². The minimum absolute atomic E-state index is 0.0585. The number of likely N-dealkylation sites (tertiary alicyclic amines) is 1. The first-order chi connectivity index (χ1) is 12.4. The topological polar surface area (TPSA) is 61.0 Å². The highest BCUT2D eigenvalue weighted by Crippen LogP contribution is 2.57. The number of aromatic amines is 1. The average molecular weight is 360 g/mol. The van der Waals surface area contributed by atoms with Crippen LogP contribution in [0.4, 0.5) is 14.5 Å². The van der Waals surface area contributed by atoms with Crippen LogP contribution < -0.4 is 5.32 Å². The highest BCUT2D eigenvalue weighted by atomic mass is 19.3. The van der Waals surface area contributed by atoms with Gasteiger partial charge >= 0.3 is 0 Å². The van der Waals surface area contributed by atoms with Gasteiger partial charge in [0.15, 0.2) is 0 Å². The maximum Gasteiger partial charge on any atom is 0.256 e. The smallest absolute Gasteiger partial charge is 0.256 e. The molecule has 5 nitrogen and oxygen atoms in total. The average Bonchev–Trinajstić information content (AvgIpc) is 3.05. The highest BCUT2D eigenvalue weighted by Gasteiger charge is 2.58. The van der Waals surface area contributed by atoms with Gasteiger partial charge in [0.1, 0.15) is 5.65 Å². The third-order valence-electron chi connectivity index (χ3n) is 5.50. The van der Waals surface area contributed by atoms with E-state index in [0.29, 0.717) is 17.8 Å². The molecule has 2 unspecified atom stereocenters. The van der Waals surface area contributed by atoms with Crippen LogP contribution in [0.1, 0.15) is 37.7 Å². The molecular formula is C19H22F2N4O. The minimum atomic E-state index is -2.63. The van der Waals surface area contributed by atoms with Crippen molar-refractivity contribution in [2.75, 3.05) is 11.9 Å². The summed E-state index contributed by atoms with van der Waals surface area (Å²) in [6, 6.07) is 2.05. The second-order valence-corrected chi connectivity index (χ2v) is 7.31. The summed E-state index contributed by atoms with van der Waals surface area (Å²) in [5.41, 5.74) is 2.01. The van der Waals surface area contributed by atoms with E-state index in [1.807, 2.05) is 13.0 Å². The molecule has 1 aliphatic carbocycles. The molecule has 26 heavy (non-hydrogen) atoms. The van der Waals surface area contributed by atoms with Crippen LogP contribution in [0.2, 0.25) is 0 Å². The zero-order valence-corrected chi connectivity index (χ0v) is 14.6. The van der Waals surface area contributed by atoms with E-state index in [9.17, 15) is 13.6 Å². The van der Waals surface area contributed by atoms with Gasteiger partial charge in [0.05, 0.1) is 5.92 Å². The molecule has 0 spiro atoms. The summed E-state index contributed by atoms with van der Waals surface area (Å²) in [5, 5.41) is 4.19. The van der Waals surface area contributed by atoms with Gasteiger partial charge in [0.25, 0.3) is 5.92 Å². The van der Waals surface area contributed by atoms with Crippen LogP contribution >= 0.6 is 0 Å². The number of hydrogen-bond acceptors (Lipinski definition) is 3. The van der Waals surface area contributed by atoms with Crippen molar-refractivity contribution >= 4 is 22.6 Å². The lowest BCUT2D eigenvalue weighted by molar-refractivity contribution is -0.129. The van der Waals surface area contributed by atoms with E-state index in [2.05, 4.69) is 21.9 Å². The number of alkyl halides is 2. The quantitative estimate of drug-likeness (QED) is 0.818. The van der Waals surface area contributed by atoms with Crippen molar-refractivity contribution in [3.63, 3.8) is 0 Å². The fourth-order valence-corrected chi connectivity index (χ4v) is 3.90. The second-order valence-electron chi connectivity index (χ2n) is 7.31. The Morgan fingerprint density at radius 2 is 2.27 bits per heavy atom. The number of hydrogen-bond donors (Lipinski definition) is 2. The van der Waals surface area contributed by atoms with Crippen molar-refractivity contribution in [2.24, 2.45) is 0 Å². The number of H-pyrrole nitrogens is 1. The van der Waals surface area contributed by atoms with Crippen LogP contribution in [0, 0.1) is 0 Å². The molecule has 1 saturated carbocycles. The zero-order valence-electron chi connectivity index (χ0n) is 14.6. The number of pyridine rings is 1. The van der Waals surface area contributed by atoms with E-state index in [0.717, 1.165) is 23.9 Å². The lowest BCUT2D eigenvalue weighted by Gasteiger charge is -2.38. The Morgan fingerprint density at radius 3 is 2.96 bits per heavy atom. The number of rotatable bonds is 4. The lowest BCUT2D eigenvalue weighted by atomic mass is 9.98. The molecule has 1 amide bonds. The van der Waals surface area contributed by atoms with Crippen molar-refractivity contribution in [1.82, 2.24) is 14.9 Å². The number of piperidine rings is 1. The number of carbonyl (C=O) groups excluding carboxylic acids is 1. The van der Waals surface area contributed by atoms with E-state index in [-0.39, 0.29) is 24.4 Å². The Hall–Kier alpha value is -2.44. The van der Waals surface area contributed by atoms with Crippen molar-refractivity contribution in [2.45, 2.75) is 50.1 Å². The molecule has 0 radical (unpaired) electrons. The predicted octanol–water partition coefficient (Wildman–Crippen LogP) is 3.66. The van der Waals surface area contributed by atoms with Gasteiger partial charge in [-0.1, -0.05) is 6.58 Å². The van der Waals surface area contributed by atoms with Gasteiger partial charge in [-0.3, -0.25) is 4.79 Å². The predicted molar refractivity (Wildman–Crippen MR) is 96.4 cm³/mol. The van der Waals surface area contributed by atoms with Crippen LogP contribution in [0.3, 0.4) is 0 Å². The number of nitrogens with one attached hydrogen (secondary N) is 2. The molecule has 1 saturated heterocycles. The Kier molecular flexibility index (Phi) is 3.97. The molecule has 138 valence electrons. The summed E-state index contributed by atoms with van der Waals surface area (Å²) in [5.74, 6) is -3.45. The highest BCUT2D eigenvalue weighted by molar-refractivity contribution is 5.93. The fourth-order valence-electron chi connectivity index (χ4n) is 3.90. The first kappa shape index (κ1) is 17.0. The molecule has 2 aromatic rings. The van der Waals surface area contributed by atoms with E-state index in [4.69, 9.17) is 0 Å². The Morgan fingerprint density at radius 1 is 1.50 bits per heavy atom. The van der Waals surface area contributed by atoms with Gasteiger partial charge in [-0.15, -0.1) is 0 Å². The monoisotopic (exact) mass is 360 g/mol. The molecule has 2 aromatic heterocycles. The Bertz CT molecular complexity index is 862. The number of carbonyl (C=O) groups is 1.